The first kappa shape index (κ1) is 46.5. The fraction of sp³-hybridized carbons (Fsp3) is 0.975. The zero-order valence-electron chi connectivity index (χ0n) is 30.9. The van der Waals surface area contributed by atoms with Crippen LogP contribution in [-0.4, -0.2) is 30.5 Å². The summed E-state index contributed by atoms with van der Waals surface area (Å²) < 4.78 is 0. The van der Waals surface area contributed by atoms with E-state index in [4.69, 9.17) is 0 Å². The standard InChI is InChI=1S/C40H81NO2.Na/c1-3-5-7-9-11-13-15-17-19-21-23-25-27-29-33-37-41(39-35-31-32-36-40(42)43)38-34-30-28-26-24-22-20-18-16-14-12-10-8-6-4-2;/h3-39H2,1-2H3,(H,42,43);/q;+1/p-1. The van der Waals surface area contributed by atoms with Crippen molar-refractivity contribution < 1.29 is 39.5 Å². The summed E-state index contributed by atoms with van der Waals surface area (Å²) in [6.45, 7) is 8.20. The molecule has 0 aliphatic carbocycles. The van der Waals surface area contributed by atoms with Gasteiger partial charge in [0.05, 0.1) is 0 Å². The zero-order valence-corrected chi connectivity index (χ0v) is 32.9. The van der Waals surface area contributed by atoms with Gasteiger partial charge in [-0.05, 0) is 51.7 Å². The van der Waals surface area contributed by atoms with Gasteiger partial charge in [0.1, 0.15) is 0 Å². The first-order chi connectivity index (χ1) is 21.2. The predicted molar refractivity (Wildman–Crippen MR) is 190 cm³/mol. The van der Waals surface area contributed by atoms with Gasteiger partial charge in [-0.3, -0.25) is 0 Å². The first-order valence-corrected chi connectivity index (χ1v) is 20.1. The largest absolute Gasteiger partial charge is 1.00 e. The molecule has 258 valence electrons. The van der Waals surface area contributed by atoms with Crippen LogP contribution in [0, 0.1) is 0 Å². The summed E-state index contributed by atoms with van der Waals surface area (Å²) >= 11 is 0. The summed E-state index contributed by atoms with van der Waals surface area (Å²) in [6, 6.07) is 0. The predicted octanol–water partition coefficient (Wildman–Crippen LogP) is 9.35. The van der Waals surface area contributed by atoms with Gasteiger partial charge < -0.3 is 14.8 Å². The number of nitrogens with zero attached hydrogens (tertiary/aromatic N) is 1. The van der Waals surface area contributed by atoms with Crippen LogP contribution in [0.1, 0.15) is 232 Å². The van der Waals surface area contributed by atoms with Crippen LogP contribution < -0.4 is 34.7 Å². The Hall–Kier alpha value is 0.430. The molecule has 0 spiro atoms. The van der Waals surface area contributed by atoms with Gasteiger partial charge >= 0.3 is 29.6 Å². The van der Waals surface area contributed by atoms with Crippen molar-refractivity contribution in [3.63, 3.8) is 0 Å². The molecule has 0 rings (SSSR count). The SMILES string of the molecule is CCCCCCCCCCCCCCCCCN(CCCCCCCCCCCCCCCCC)CCCCCC(=O)[O-].[Na+]. The smallest absolute Gasteiger partial charge is 0.550 e. The minimum absolute atomic E-state index is 0. The van der Waals surface area contributed by atoms with Gasteiger partial charge in [0.2, 0.25) is 0 Å². The molecule has 0 bridgehead atoms. The normalized spacial score (nSPS) is 11.3. The van der Waals surface area contributed by atoms with E-state index in [2.05, 4.69) is 18.7 Å². The summed E-state index contributed by atoms with van der Waals surface area (Å²) in [5, 5.41) is 10.7. The van der Waals surface area contributed by atoms with Gasteiger partial charge in [-0.2, -0.15) is 0 Å². The molecule has 0 saturated carbocycles. The van der Waals surface area contributed by atoms with Crippen LogP contribution in [0.4, 0.5) is 0 Å². The van der Waals surface area contributed by atoms with Crippen molar-refractivity contribution in [1.82, 2.24) is 4.90 Å². The maximum atomic E-state index is 10.7. The number of carbonyl (C=O) groups is 1. The van der Waals surface area contributed by atoms with Crippen molar-refractivity contribution >= 4 is 5.97 Å². The molecular formula is C40H80NNaO2. The van der Waals surface area contributed by atoms with Crippen molar-refractivity contribution in [3.8, 4) is 0 Å². The van der Waals surface area contributed by atoms with Gasteiger partial charge in [0.25, 0.3) is 0 Å². The molecule has 0 atom stereocenters. The third-order valence-electron chi connectivity index (χ3n) is 9.51. The van der Waals surface area contributed by atoms with E-state index >= 15 is 0 Å². The summed E-state index contributed by atoms with van der Waals surface area (Å²) in [7, 11) is 0. The third-order valence-corrected chi connectivity index (χ3v) is 9.51. The average Bonchev–Trinajstić information content (AvgIpc) is 3.00. The van der Waals surface area contributed by atoms with Crippen LogP contribution in [0.2, 0.25) is 0 Å². The topological polar surface area (TPSA) is 43.4 Å². The van der Waals surface area contributed by atoms with E-state index < -0.39 is 5.97 Å². The summed E-state index contributed by atoms with van der Waals surface area (Å²) in [4.78, 5) is 13.4. The molecule has 0 aromatic carbocycles. The van der Waals surface area contributed by atoms with Crippen LogP contribution in [0.15, 0.2) is 0 Å². The monoisotopic (exact) mass is 630 g/mol. The Kier molecular flexibility index (Phi) is 43.9. The van der Waals surface area contributed by atoms with Crippen molar-refractivity contribution in [1.29, 1.82) is 0 Å². The summed E-state index contributed by atoms with van der Waals surface area (Å²) in [5.74, 6) is -0.896. The van der Waals surface area contributed by atoms with E-state index in [9.17, 15) is 9.90 Å². The second kappa shape index (κ2) is 41.5. The Morgan fingerprint density at radius 2 is 0.568 bits per heavy atom. The molecule has 0 aliphatic heterocycles. The minimum Gasteiger partial charge on any atom is -0.550 e. The molecule has 0 heterocycles. The fourth-order valence-corrected chi connectivity index (χ4v) is 6.53. The van der Waals surface area contributed by atoms with Crippen molar-refractivity contribution in [2.45, 2.75) is 232 Å². The van der Waals surface area contributed by atoms with Crippen molar-refractivity contribution in [3.05, 3.63) is 0 Å². The number of carboxylic acid groups (broad SMARTS) is 1. The van der Waals surface area contributed by atoms with E-state index in [-0.39, 0.29) is 36.0 Å². The molecule has 0 unspecified atom stereocenters. The van der Waals surface area contributed by atoms with E-state index in [0.29, 0.717) is 0 Å². The molecule has 0 aromatic rings. The first-order valence-electron chi connectivity index (χ1n) is 20.1. The molecule has 0 aliphatic rings. The Balaban J connectivity index is 0. The van der Waals surface area contributed by atoms with Gasteiger partial charge in [-0.15, -0.1) is 0 Å². The van der Waals surface area contributed by atoms with Gasteiger partial charge in [0, 0.05) is 5.97 Å². The second-order valence-electron chi connectivity index (χ2n) is 13.9. The summed E-state index contributed by atoms with van der Waals surface area (Å²) in [6.07, 6.45) is 45.8. The Bertz CT molecular complexity index is 496. The second-order valence-corrected chi connectivity index (χ2v) is 13.9. The molecule has 44 heavy (non-hydrogen) atoms. The number of carbonyl (C=O) groups excluding carboxylic acids is 1. The average molecular weight is 630 g/mol. The number of unbranched alkanes of at least 4 members (excludes halogenated alkanes) is 30. The molecule has 3 nitrogen and oxygen atoms in total. The Morgan fingerprint density at radius 3 is 0.795 bits per heavy atom. The van der Waals surface area contributed by atoms with Crippen molar-refractivity contribution in [2.24, 2.45) is 0 Å². The molecule has 0 N–H and O–H groups in total. The van der Waals surface area contributed by atoms with E-state index in [1.165, 1.54) is 206 Å². The van der Waals surface area contributed by atoms with E-state index in [1.54, 1.807) is 0 Å². The fourth-order valence-electron chi connectivity index (χ4n) is 6.53. The minimum atomic E-state index is -0.896. The third kappa shape index (κ3) is 40.5. The van der Waals surface area contributed by atoms with Crippen LogP contribution in [0.3, 0.4) is 0 Å². The number of rotatable bonds is 38. The zero-order chi connectivity index (χ0) is 31.3. The van der Waals surface area contributed by atoms with Crippen LogP contribution in [-0.2, 0) is 4.79 Å². The van der Waals surface area contributed by atoms with Crippen molar-refractivity contribution in [2.75, 3.05) is 19.6 Å². The summed E-state index contributed by atoms with van der Waals surface area (Å²) in [5.41, 5.74) is 0. The number of carboxylic acids is 1. The molecule has 0 saturated heterocycles. The molecule has 0 amide bonds. The Morgan fingerprint density at radius 1 is 0.364 bits per heavy atom. The van der Waals surface area contributed by atoms with Crippen LogP contribution in [0.5, 0.6) is 0 Å². The number of aliphatic carboxylic acids is 1. The van der Waals surface area contributed by atoms with Gasteiger partial charge in [-0.25, -0.2) is 0 Å². The van der Waals surface area contributed by atoms with Crippen LogP contribution >= 0.6 is 0 Å². The van der Waals surface area contributed by atoms with Gasteiger partial charge in [-0.1, -0.05) is 200 Å². The molecule has 0 radical (unpaired) electrons. The maximum absolute atomic E-state index is 10.7. The molecule has 0 aromatic heterocycles. The molecular weight excluding hydrogens is 549 g/mol. The Labute approximate surface area is 300 Å². The van der Waals surface area contributed by atoms with E-state index in [1.807, 2.05) is 0 Å². The molecule has 0 fully saturated rings. The van der Waals surface area contributed by atoms with E-state index in [0.717, 1.165) is 25.8 Å². The number of hydrogen-bond acceptors (Lipinski definition) is 3. The maximum Gasteiger partial charge on any atom is 1.00 e. The number of hydrogen-bond donors (Lipinski definition) is 0. The molecule has 4 heteroatoms. The van der Waals surface area contributed by atoms with Gasteiger partial charge in [0.15, 0.2) is 0 Å². The quantitative estimate of drug-likeness (QED) is 0.0505. The van der Waals surface area contributed by atoms with Crippen LogP contribution in [0.25, 0.3) is 0 Å².